The van der Waals surface area contributed by atoms with Crippen molar-refractivity contribution >= 4 is 50.7 Å². The molecule has 3 aromatic rings. The minimum absolute atomic E-state index is 0.0481. The Labute approximate surface area is 247 Å². The minimum Gasteiger partial charge on any atom is -0.354 e. The largest absolute Gasteiger partial charge is 0.354 e. The van der Waals surface area contributed by atoms with E-state index in [4.69, 9.17) is 23.2 Å². The van der Waals surface area contributed by atoms with Gasteiger partial charge >= 0.3 is 0 Å². The summed E-state index contributed by atoms with van der Waals surface area (Å²) in [6.07, 6.45) is 2.54. The van der Waals surface area contributed by atoms with Crippen molar-refractivity contribution in [3.05, 3.63) is 100 Å². The van der Waals surface area contributed by atoms with Crippen LogP contribution in [-0.2, 0) is 32.6 Å². The maximum absolute atomic E-state index is 13.8. The van der Waals surface area contributed by atoms with E-state index in [0.717, 1.165) is 23.8 Å². The molecule has 0 bridgehead atoms. The number of halogens is 2. The molecular formula is C30H35Cl2N3O4S. The number of rotatable bonds is 14. The van der Waals surface area contributed by atoms with Gasteiger partial charge in [-0.3, -0.25) is 13.9 Å². The molecule has 0 unspecified atom stereocenters. The van der Waals surface area contributed by atoms with E-state index in [1.165, 1.54) is 4.31 Å². The number of anilines is 1. The van der Waals surface area contributed by atoms with Crippen LogP contribution in [0.3, 0.4) is 0 Å². The maximum atomic E-state index is 13.8. The summed E-state index contributed by atoms with van der Waals surface area (Å²) < 4.78 is 26.3. The third kappa shape index (κ3) is 9.25. The molecule has 1 N–H and O–H groups in total. The fourth-order valence-electron chi connectivity index (χ4n) is 4.35. The van der Waals surface area contributed by atoms with Crippen molar-refractivity contribution in [1.29, 1.82) is 0 Å². The van der Waals surface area contributed by atoms with Crippen LogP contribution in [0.1, 0.15) is 37.3 Å². The molecule has 214 valence electrons. The number of carbonyl (C=O) groups excluding carboxylic acids is 2. The zero-order chi connectivity index (χ0) is 29.1. The van der Waals surface area contributed by atoms with E-state index in [-0.39, 0.29) is 37.7 Å². The number of sulfonamides is 1. The summed E-state index contributed by atoms with van der Waals surface area (Å²) in [4.78, 5) is 28.8. The van der Waals surface area contributed by atoms with Crippen LogP contribution in [0.15, 0.2) is 78.9 Å². The van der Waals surface area contributed by atoms with Crippen LogP contribution in [0, 0.1) is 0 Å². The van der Waals surface area contributed by atoms with E-state index in [1.54, 1.807) is 47.4 Å². The zero-order valence-electron chi connectivity index (χ0n) is 22.7. The van der Waals surface area contributed by atoms with Gasteiger partial charge in [0.15, 0.2) is 0 Å². The average molecular weight is 605 g/mol. The Hall–Kier alpha value is -3.07. The summed E-state index contributed by atoms with van der Waals surface area (Å²) in [5, 5.41) is 3.69. The predicted molar refractivity (Wildman–Crippen MR) is 162 cm³/mol. The van der Waals surface area contributed by atoms with Crippen LogP contribution < -0.4 is 9.62 Å². The van der Waals surface area contributed by atoms with Gasteiger partial charge < -0.3 is 10.2 Å². The van der Waals surface area contributed by atoms with Crippen molar-refractivity contribution in [1.82, 2.24) is 10.2 Å². The lowest BCUT2D eigenvalue weighted by Crippen LogP contribution is -2.50. The fourth-order valence-corrected chi connectivity index (χ4v) is 5.64. The van der Waals surface area contributed by atoms with Gasteiger partial charge in [0, 0.05) is 32.5 Å². The molecule has 7 nitrogen and oxygen atoms in total. The Morgan fingerprint density at radius 3 is 2.15 bits per heavy atom. The van der Waals surface area contributed by atoms with Crippen molar-refractivity contribution in [2.75, 3.05) is 23.7 Å². The molecule has 0 heterocycles. The molecule has 10 heteroatoms. The first-order valence-corrected chi connectivity index (χ1v) is 15.8. The lowest BCUT2D eigenvalue weighted by atomic mass is 10.0. The highest BCUT2D eigenvalue weighted by Crippen LogP contribution is 2.25. The molecular weight excluding hydrogens is 569 g/mol. The van der Waals surface area contributed by atoms with E-state index >= 15 is 0 Å². The van der Waals surface area contributed by atoms with Gasteiger partial charge in [0.25, 0.3) is 0 Å². The average Bonchev–Trinajstić information content (AvgIpc) is 2.93. The van der Waals surface area contributed by atoms with Crippen molar-refractivity contribution in [3.63, 3.8) is 0 Å². The maximum Gasteiger partial charge on any atom is 0.243 e. The first kappa shape index (κ1) is 31.5. The fraction of sp³-hybridized carbons (Fsp3) is 0.333. The first-order valence-electron chi connectivity index (χ1n) is 13.2. The standard InChI is InChI=1S/C30H35Cl2N3O4S/c1-3-18-33-30(37)28(21-23-11-6-4-7-12-23)34(22-24-16-17-26(31)27(32)20-24)29(36)15-10-19-35(40(2,38)39)25-13-8-5-9-14-25/h4-9,11-14,16-17,20,28H,3,10,15,18-19,21-22H2,1-2H3,(H,33,37)/t28-/m1/s1. The van der Waals surface area contributed by atoms with E-state index in [2.05, 4.69) is 5.32 Å². The Balaban J connectivity index is 1.88. The molecule has 1 atom stereocenters. The summed E-state index contributed by atoms with van der Waals surface area (Å²) in [7, 11) is -3.56. The van der Waals surface area contributed by atoms with Gasteiger partial charge in [0.2, 0.25) is 21.8 Å². The van der Waals surface area contributed by atoms with Crippen LogP contribution in [0.2, 0.25) is 10.0 Å². The molecule has 0 radical (unpaired) electrons. The summed E-state index contributed by atoms with van der Waals surface area (Å²) in [6.45, 7) is 2.71. The normalized spacial score (nSPS) is 12.0. The van der Waals surface area contributed by atoms with Gasteiger partial charge in [-0.25, -0.2) is 8.42 Å². The van der Waals surface area contributed by atoms with Crippen LogP contribution in [0.25, 0.3) is 0 Å². The molecule has 0 spiro atoms. The second kappa shape index (κ2) is 15.1. The lowest BCUT2D eigenvalue weighted by Gasteiger charge is -2.32. The Morgan fingerprint density at radius 1 is 0.900 bits per heavy atom. The topological polar surface area (TPSA) is 86.8 Å². The Kier molecular flexibility index (Phi) is 11.9. The number of amides is 2. The van der Waals surface area contributed by atoms with Crippen molar-refractivity contribution in [2.45, 2.75) is 45.2 Å². The van der Waals surface area contributed by atoms with Gasteiger partial charge in [0.05, 0.1) is 22.0 Å². The second-order valence-electron chi connectivity index (χ2n) is 9.54. The number of para-hydroxylation sites is 1. The number of nitrogens with one attached hydrogen (secondary N) is 1. The van der Waals surface area contributed by atoms with Gasteiger partial charge in [-0.15, -0.1) is 0 Å². The summed E-state index contributed by atoms with van der Waals surface area (Å²) in [5.41, 5.74) is 2.18. The number of hydrogen-bond donors (Lipinski definition) is 1. The molecule has 0 aliphatic rings. The highest BCUT2D eigenvalue weighted by molar-refractivity contribution is 7.92. The summed E-state index contributed by atoms with van der Waals surface area (Å²) in [5.74, 6) is -0.513. The van der Waals surface area contributed by atoms with Crippen molar-refractivity contribution in [3.8, 4) is 0 Å². The Bertz CT molecular complexity index is 1370. The van der Waals surface area contributed by atoms with E-state index in [1.807, 2.05) is 43.3 Å². The zero-order valence-corrected chi connectivity index (χ0v) is 25.1. The molecule has 0 aromatic heterocycles. The van der Waals surface area contributed by atoms with Crippen LogP contribution in [0.4, 0.5) is 5.69 Å². The third-order valence-electron chi connectivity index (χ3n) is 6.35. The molecule has 0 aliphatic carbocycles. The molecule has 0 aliphatic heterocycles. The first-order chi connectivity index (χ1) is 19.1. The molecule has 3 aromatic carbocycles. The van der Waals surface area contributed by atoms with Crippen molar-refractivity contribution < 1.29 is 18.0 Å². The second-order valence-corrected chi connectivity index (χ2v) is 12.3. The summed E-state index contributed by atoms with van der Waals surface area (Å²) in [6, 6.07) is 22.6. The Morgan fingerprint density at radius 2 is 1.55 bits per heavy atom. The smallest absolute Gasteiger partial charge is 0.243 e. The molecule has 2 amide bonds. The van der Waals surface area contributed by atoms with Gasteiger partial charge in [0.1, 0.15) is 6.04 Å². The quantitative estimate of drug-likeness (QED) is 0.256. The van der Waals surface area contributed by atoms with Gasteiger partial charge in [-0.05, 0) is 48.2 Å². The highest BCUT2D eigenvalue weighted by Gasteiger charge is 2.30. The minimum atomic E-state index is -3.56. The van der Waals surface area contributed by atoms with Crippen LogP contribution >= 0.6 is 23.2 Å². The van der Waals surface area contributed by atoms with Crippen LogP contribution in [0.5, 0.6) is 0 Å². The summed E-state index contributed by atoms with van der Waals surface area (Å²) >= 11 is 12.4. The monoisotopic (exact) mass is 603 g/mol. The lowest BCUT2D eigenvalue weighted by molar-refractivity contribution is -0.141. The SMILES string of the molecule is CCCNC(=O)[C@@H](Cc1ccccc1)N(Cc1ccc(Cl)c(Cl)c1)C(=O)CCCN(c1ccccc1)S(C)(=O)=O. The number of nitrogens with zero attached hydrogens (tertiary/aromatic N) is 2. The predicted octanol–water partition coefficient (Wildman–Crippen LogP) is 5.71. The number of benzene rings is 3. The molecule has 0 saturated carbocycles. The number of hydrogen-bond acceptors (Lipinski definition) is 4. The van der Waals surface area contributed by atoms with E-state index < -0.39 is 16.1 Å². The molecule has 3 rings (SSSR count). The van der Waals surface area contributed by atoms with Gasteiger partial charge in [-0.2, -0.15) is 0 Å². The highest BCUT2D eigenvalue weighted by atomic mass is 35.5. The molecule has 0 saturated heterocycles. The van der Waals surface area contributed by atoms with E-state index in [9.17, 15) is 18.0 Å². The van der Waals surface area contributed by atoms with E-state index in [0.29, 0.717) is 28.7 Å². The number of carbonyl (C=O) groups is 2. The molecule has 40 heavy (non-hydrogen) atoms. The van der Waals surface area contributed by atoms with Crippen LogP contribution in [-0.4, -0.2) is 50.5 Å². The molecule has 0 fully saturated rings. The van der Waals surface area contributed by atoms with Gasteiger partial charge in [-0.1, -0.05) is 84.7 Å². The van der Waals surface area contributed by atoms with Crippen molar-refractivity contribution in [2.24, 2.45) is 0 Å². The third-order valence-corrected chi connectivity index (χ3v) is 8.29.